The molecular formula is C10H14ClN3S. The van der Waals surface area contributed by atoms with Gasteiger partial charge in [0.05, 0.1) is 0 Å². The SMILES string of the molecule is CSC1CCN(c2nc(Cl)ncc2C)C1. The summed E-state index contributed by atoms with van der Waals surface area (Å²) in [6, 6.07) is 0. The molecule has 0 bridgehead atoms. The van der Waals surface area contributed by atoms with Crippen molar-refractivity contribution in [3.8, 4) is 0 Å². The van der Waals surface area contributed by atoms with Gasteiger partial charge in [0.2, 0.25) is 5.28 Å². The molecule has 1 atom stereocenters. The van der Waals surface area contributed by atoms with Crippen molar-refractivity contribution < 1.29 is 0 Å². The fraction of sp³-hybridized carbons (Fsp3) is 0.600. The molecule has 1 saturated heterocycles. The maximum absolute atomic E-state index is 5.81. The van der Waals surface area contributed by atoms with E-state index < -0.39 is 0 Å². The molecule has 0 spiro atoms. The summed E-state index contributed by atoms with van der Waals surface area (Å²) < 4.78 is 0. The summed E-state index contributed by atoms with van der Waals surface area (Å²) in [6.45, 7) is 4.16. The van der Waals surface area contributed by atoms with E-state index in [0.717, 1.165) is 29.7 Å². The van der Waals surface area contributed by atoms with Crippen LogP contribution in [0.5, 0.6) is 0 Å². The molecule has 5 heteroatoms. The number of nitrogens with zero attached hydrogens (tertiary/aromatic N) is 3. The van der Waals surface area contributed by atoms with Gasteiger partial charge in [-0.25, -0.2) is 9.97 Å². The predicted molar refractivity (Wildman–Crippen MR) is 65.9 cm³/mol. The molecule has 2 heterocycles. The Kier molecular flexibility index (Phi) is 3.36. The fourth-order valence-corrected chi connectivity index (χ4v) is 2.64. The molecule has 1 aromatic rings. The van der Waals surface area contributed by atoms with E-state index in [1.165, 1.54) is 6.42 Å². The average molecular weight is 244 g/mol. The summed E-state index contributed by atoms with van der Waals surface area (Å²) in [5, 5.41) is 1.06. The number of hydrogen-bond acceptors (Lipinski definition) is 4. The standard InChI is InChI=1S/C10H14ClN3S/c1-7-5-12-10(11)13-9(7)14-4-3-8(6-14)15-2/h5,8H,3-4,6H2,1-2H3. The van der Waals surface area contributed by atoms with E-state index >= 15 is 0 Å². The Hall–Kier alpha value is -0.480. The Morgan fingerprint density at radius 2 is 2.40 bits per heavy atom. The maximum Gasteiger partial charge on any atom is 0.224 e. The minimum Gasteiger partial charge on any atom is -0.355 e. The van der Waals surface area contributed by atoms with E-state index in [1.807, 2.05) is 18.7 Å². The topological polar surface area (TPSA) is 29.0 Å². The summed E-state index contributed by atoms with van der Waals surface area (Å²) in [6.07, 6.45) is 5.17. The normalized spacial score (nSPS) is 21.0. The zero-order chi connectivity index (χ0) is 10.8. The van der Waals surface area contributed by atoms with Crippen molar-refractivity contribution in [2.75, 3.05) is 24.2 Å². The molecule has 1 aliphatic heterocycles. The Labute approximate surface area is 99.2 Å². The third-order valence-corrected chi connectivity index (χ3v) is 3.93. The number of hydrogen-bond donors (Lipinski definition) is 0. The van der Waals surface area contributed by atoms with Gasteiger partial charge >= 0.3 is 0 Å². The van der Waals surface area contributed by atoms with Crippen molar-refractivity contribution in [2.24, 2.45) is 0 Å². The summed E-state index contributed by atoms with van der Waals surface area (Å²) in [5.74, 6) is 0.992. The van der Waals surface area contributed by atoms with Gasteiger partial charge in [-0.3, -0.25) is 0 Å². The lowest BCUT2D eigenvalue weighted by Gasteiger charge is -2.18. The Bertz CT molecular complexity index is 359. The number of thioether (sulfide) groups is 1. The van der Waals surface area contributed by atoms with Crippen LogP contribution in [0.1, 0.15) is 12.0 Å². The molecule has 0 aromatic carbocycles. The van der Waals surface area contributed by atoms with Crippen LogP contribution in [0.4, 0.5) is 5.82 Å². The first-order valence-corrected chi connectivity index (χ1v) is 6.64. The van der Waals surface area contributed by atoms with Crippen molar-refractivity contribution in [2.45, 2.75) is 18.6 Å². The minimum atomic E-state index is 0.336. The highest BCUT2D eigenvalue weighted by molar-refractivity contribution is 7.99. The molecule has 82 valence electrons. The predicted octanol–water partition coefficient (Wildman–Crippen LogP) is 2.38. The van der Waals surface area contributed by atoms with Crippen molar-refractivity contribution >= 4 is 29.2 Å². The lowest BCUT2D eigenvalue weighted by molar-refractivity contribution is 0.917. The zero-order valence-electron chi connectivity index (χ0n) is 8.90. The van der Waals surface area contributed by atoms with Crippen LogP contribution in [0.25, 0.3) is 0 Å². The van der Waals surface area contributed by atoms with Crippen LogP contribution in [0.3, 0.4) is 0 Å². The highest BCUT2D eigenvalue weighted by Crippen LogP contribution is 2.26. The highest BCUT2D eigenvalue weighted by atomic mass is 35.5. The first kappa shape index (κ1) is 11.0. The Balaban J connectivity index is 2.19. The first-order chi connectivity index (χ1) is 7.20. The summed E-state index contributed by atoms with van der Waals surface area (Å²) in [5.41, 5.74) is 1.10. The molecule has 2 rings (SSSR count). The van der Waals surface area contributed by atoms with E-state index in [0.29, 0.717) is 5.28 Å². The quantitative estimate of drug-likeness (QED) is 0.746. The lowest BCUT2D eigenvalue weighted by atomic mass is 10.3. The Morgan fingerprint density at radius 3 is 3.07 bits per heavy atom. The van der Waals surface area contributed by atoms with E-state index in [9.17, 15) is 0 Å². The maximum atomic E-state index is 5.81. The molecule has 1 unspecified atom stereocenters. The van der Waals surface area contributed by atoms with Crippen LogP contribution >= 0.6 is 23.4 Å². The molecule has 1 aromatic heterocycles. The number of anilines is 1. The van der Waals surface area contributed by atoms with Gasteiger partial charge in [-0.1, -0.05) is 0 Å². The van der Waals surface area contributed by atoms with Crippen LogP contribution in [0.2, 0.25) is 5.28 Å². The van der Waals surface area contributed by atoms with Crippen LogP contribution in [-0.2, 0) is 0 Å². The first-order valence-electron chi connectivity index (χ1n) is 4.97. The second kappa shape index (κ2) is 4.58. The van der Waals surface area contributed by atoms with Crippen molar-refractivity contribution in [3.63, 3.8) is 0 Å². The van der Waals surface area contributed by atoms with Crippen LogP contribution < -0.4 is 4.90 Å². The van der Waals surface area contributed by atoms with Gasteiger partial charge in [-0.2, -0.15) is 11.8 Å². The number of rotatable bonds is 2. The van der Waals surface area contributed by atoms with Crippen LogP contribution in [0.15, 0.2) is 6.20 Å². The van der Waals surface area contributed by atoms with Crippen molar-refractivity contribution in [1.29, 1.82) is 0 Å². The van der Waals surface area contributed by atoms with Gasteiger partial charge in [0.25, 0.3) is 0 Å². The molecule has 0 N–H and O–H groups in total. The summed E-state index contributed by atoms with van der Waals surface area (Å²) >= 11 is 7.73. The zero-order valence-corrected chi connectivity index (χ0v) is 10.5. The molecule has 0 aliphatic carbocycles. The largest absolute Gasteiger partial charge is 0.355 e. The molecule has 1 aliphatic rings. The van der Waals surface area contributed by atoms with Gasteiger partial charge < -0.3 is 4.90 Å². The molecule has 0 saturated carbocycles. The van der Waals surface area contributed by atoms with Crippen LogP contribution in [-0.4, -0.2) is 34.6 Å². The third-order valence-electron chi connectivity index (χ3n) is 2.69. The minimum absolute atomic E-state index is 0.336. The summed E-state index contributed by atoms with van der Waals surface area (Å²) in [7, 11) is 0. The lowest BCUT2D eigenvalue weighted by Crippen LogP contribution is -2.22. The van der Waals surface area contributed by atoms with Crippen molar-refractivity contribution in [3.05, 3.63) is 17.0 Å². The molecule has 15 heavy (non-hydrogen) atoms. The number of halogens is 1. The van der Waals surface area contributed by atoms with E-state index in [2.05, 4.69) is 21.1 Å². The average Bonchev–Trinajstić information content (AvgIpc) is 2.70. The third kappa shape index (κ3) is 2.37. The van der Waals surface area contributed by atoms with Gasteiger partial charge in [0.1, 0.15) is 5.82 Å². The van der Waals surface area contributed by atoms with E-state index in [1.54, 1.807) is 6.20 Å². The second-order valence-corrected chi connectivity index (χ2v) is 5.21. The van der Waals surface area contributed by atoms with Gasteiger partial charge in [-0.05, 0) is 31.2 Å². The fourth-order valence-electron chi connectivity index (χ4n) is 1.85. The molecule has 1 fully saturated rings. The van der Waals surface area contributed by atoms with Crippen LogP contribution in [0, 0.1) is 6.92 Å². The monoisotopic (exact) mass is 243 g/mol. The highest BCUT2D eigenvalue weighted by Gasteiger charge is 2.23. The number of aromatic nitrogens is 2. The number of aryl methyl sites for hydroxylation is 1. The second-order valence-electron chi connectivity index (χ2n) is 3.74. The molecule has 0 radical (unpaired) electrons. The summed E-state index contributed by atoms with van der Waals surface area (Å²) in [4.78, 5) is 10.6. The van der Waals surface area contributed by atoms with Gasteiger partial charge in [0.15, 0.2) is 0 Å². The van der Waals surface area contributed by atoms with Crippen molar-refractivity contribution in [1.82, 2.24) is 9.97 Å². The molecule has 3 nitrogen and oxygen atoms in total. The molecular weight excluding hydrogens is 230 g/mol. The van der Waals surface area contributed by atoms with E-state index in [4.69, 9.17) is 11.6 Å². The van der Waals surface area contributed by atoms with Gasteiger partial charge in [0, 0.05) is 30.1 Å². The molecule has 0 amide bonds. The smallest absolute Gasteiger partial charge is 0.224 e. The van der Waals surface area contributed by atoms with E-state index in [-0.39, 0.29) is 0 Å². The Morgan fingerprint density at radius 1 is 1.60 bits per heavy atom. The van der Waals surface area contributed by atoms with Gasteiger partial charge in [-0.15, -0.1) is 0 Å².